The molecular weight excluding hydrogens is 176 g/mol. The van der Waals surface area contributed by atoms with E-state index in [0.29, 0.717) is 5.56 Å². The van der Waals surface area contributed by atoms with Gasteiger partial charge in [-0.2, -0.15) is 5.10 Å². The zero-order valence-electron chi connectivity index (χ0n) is 8.53. The monoisotopic (exact) mass is 188 g/mol. The minimum Gasteiger partial charge on any atom is -0.298 e. The summed E-state index contributed by atoms with van der Waals surface area (Å²) in [5.74, 6) is 0. The van der Waals surface area contributed by atoms with Gasteiger partial charge in [0.15, 0.2) is 6.29 Å². The van der Waals surface area contributed by atoms with E-state index in [1.807, 2.05) is 33.0 Å². The van der Waals surface area contributed by atoms with Crippen LogP contribution in [0.1, 0.15) is 21.6 Å². The fourth-order valence-corrected chi connectivity index (χ4v) is 1.93. The molecule has 0 amide bonds. The second kappa shape index (κ2) is 2.94. The average molecular weight is 188 g/mol. The molecule has 0 saturated heterocycles. The number of benzene rings is 1. The minimum atomic E-state index is 0.703. The van der Waals surface area contributed by atoms with Crippen molar-refractivity contribution >= 4 is 17.2 Å². The second-order valence-corrected chi connectivity index (χ2v) is 3.52. The Morgan fingerprint density at radius 3 is 2.71 bits per heavy atom. The van der Waals surface area contributed by atoms with Crippen molar-refractivity contribution < 1.29 is 4.79 Å². The lowest BCUT2D eigenvalue weighted by molar-refractivity contribution is 0.112. The number of carbonyl (C=O) groups excluding carboxylic acids is 1. The van der Waals surface area contributed by atoms with Gasteiger partial charge in [0, 0.05) is 18.0 Å². The third-order valence-corrected chi connectivity index (χ3v) is 2.53. The third-order valence-electron chi connectivity index (χ3n) is 2.53. The Hall–Kier alpha value is -1.64. The van der Waals surface area contributed by atoms with E-state index in [1.165, 1.54) is 0 Å². The van der Waals surface area contributed by atoms with E-state index in [1.54, 1.807) is 4.68 Å². The molecule has 0 atom stereocenters. The summed E-state index contributed by atoms with van der Waals surface area (Å²) in [6.07, 6.45) is 0.878. The van der Waals surface area contributed by atoms with Crippen LogP contribution < -0.4 is 0 Å². The fourth-order valence-electron chi connectivity index (χ4n) is 1.93. The van der Waals surface area contributed by atoms with Gasteiger partial charge in [0.1, 0.15) is 0 Å². The van der Waals surface area contributed by atoms with Gasteiger partial charge in [-0.25, -0.2) is 0 Å². The van der Waals surface area contributed by atoms with Crippen LogP contribution in [-0.2, 0) is 7.05 Å². The Bertz CT molecular complexity index is 511. The summed E-state index contributed by atoms with van der Waals surface area (Å²) >= 11 is 0. The van der Waals surface area contributed by atoms with Crippen LogP contribution in [-0.4, -0.2) is 16.1 Å². The van der Waals surface area contributed by atoms with Crippen LogP contribution in [0, 0.1) is 13.8 Å². The molecule has 0 saturated carbocycles. The Morgan fingerprint density at radius 1 is 1.36 bits per heavy atom. The van der Waals surface area contributed by atoms with E-state index in [0.717, 1.165) is 28.4 Å². The Kier molecular flexibility index (Phi) is 1.88. The predicted molar refractivity (Wildman–Crippen MR) is 55.6 cm³/mol. The molecule has 14 heavy (non-hydrogen) atoms. The van der Waals surface area contributed by atoms with Crippen molar-refractivity contribution in [2.24, 2.45) is 7.05 Å². The van der Waals surface area contributed by atoms with Crippen molar-refractivity contribution in [2.75, 3.05) is 0 Å². The third kappa shape index (κ3) is 1.05. The standard InChI is InChI=1S/C11H12N2O/c1-7-4-5-9(6-14)11-10(7)8(2)12-13(11)3/h4-6H,1-3H3. The highest BCUT2D eigenvalue weighted by molar-refractivity contribution is 5.98. The van der Waals surface area contributed by atoms with E-state index < -0.39 is 0 Å². The van der Waals surface area contributed by atoms with Crippen molar-refractivity contribution in [1.29, 1.82) is 0 Å². The smallest absolute Gasteiger partial charge is 0.152 e. The van der Waals surface area contributed by atoms with Crippen LogP contribution in [0.15, 0.2) is 12.1 Å². The first-order valence-electron chi connectivity index (χ1n) is 4.53. The van der Waals surface area contributed by atoms with E-state index in [9.17, 15) is 4.79 Å². The molecule has 2 rings (SSSR count). The molecule has 0 fully saturated rings. The molecule has 2 aromatic rings. The molecule has 1 heterocycles. The Labute approximate surface area is 82.3 Å². The van der Waals surface area contributed by atoms with Gasteiger partial charge in [-0.1, -0.05) is 6.07 Å². The first-order chi connectivity index (χ1) is 6.65. The van der Waals surface area contributed by atoms with Crippen molar-refractivity contribution in [2.45, 2.75) is 13.8 Å². The molecule has 0 spiro atoms. The summed E-state index contributed by atoms with van der Waals surface area (Å²) in [7, 11) is 1.86. The second-order valence-electron chi connectivity index (χ2n) is 3.52. The average Bonchev–Trinajstić information content (AvgIpc) is 2.44. The lowest BCUT2D eigenvalue weighted by Crippen LogP contribution is -1.93. The maximum atomic E-state index is 10.9. The minimum absolute atomic E-state index is 0.703. The lowest BCUT2D eigenvalue weighted by Gasteiger charge is -2.00. The molecule has 3 heteroatoms. The van der Waals surface area contributed by atoms with E-state index in [4.69, 9.17) is 0 Å². The molecule has 0 radical (unpaired) electrons. The summed E-state index contributed by atoms with van der Waals surface area (Å²) in [5, 5.41) is 5.41. The van der Waals surface area contributed by atoms with Crippen LogP contribution in [0.25, 0.3) is 10.9 Å². The van der Waals surface area contributed by atoms with Gasteiger partial charge >= 0.3 is 0 Å². The SMILES string of the molecule is Cc1ccc(C=O)c2c1c(C)nn2C. The number of hydrogen-bond acceptors (Lipinski definition) is 2. The van der Waals surface area contributed by atoms with Crippen LogP contribution in [0.2, 0.25) is 0 Å². The number of rotatable bonds is 1. The number of aldehydes is 1. The summed E-state index contributed by atoms with van der Waals surface area (Å²) in [4.78, 5) is 10.9. The maximum absolute atomic E-state index is 10.9. The molecule has 3 nitrogen and oxygen atoms in total. The molecule has 0 aliphatic heterocycles. The van der Waals surface area contributed by atoms with E-state index >= 15 is 0 Å². The van der Waals surface area contributed by atoms with Crippen LogP contribution in [0.3, 0.4) is 0 Å². The largest absolute Gasteiger partial charge is 0.298 e. The molecular formula is C11H12N2O. The number of fused-ring (bicyclic) bond motifs is 1. The van der Waals surface area contributed by atoms with Crippen molar-refractivity contribution in [3.05, 3.63) is 29.0 Å². The van der Waals surface area contributed by atoms with Crippen LogP contribution in [0.4, 0.5) is 0 Å². The van der Waals surface area contributed by atoms with Gasteiger partial charge < -0.3 is 0 Å². The van der Waals surface area contributed by atoms with Gasteiger partial charge in [-0.3, -0.25) is 9.48 Å². The lowest BCUT2D eigenvalue weighted by atomic mass is 10.1. The molecule has 1 aromatic carbocycles. The summed E-state index contributed by atoms with van der Waals surface area (Å²) < 4.78 is 1.77. The van der Waals surface area contributed by atoms with Crippen molar-refractivity contribution in [3.63, 3.8) is 0 Å². The van der Waals surface area contributed by atoms with E-state index in [2.05, 4.69) is 5.10 Å². The summed E-state index contributed by atoms with van der Waals surface area (Å²) in [6, 6.07) is 3.80. The molecule has 0 aliphatic carbocycles. The van der Waals surface area contributed by atoms with Gasteiger partial charge in [0.25, 0.3) is 0 Å². The Morgan fingerprint density at radius 2 is 2.07 bits per heavy atom. The fraction of sp³-hybridized carbons (Fsp3) is 0.273. The van der Waals surface area contributed by atoms with E-state index in [-0.39, 0.29) is 0 Å². The van der Waals surface area contributed by atoms with Gasteiger partial charge in [0.2, 0.25) is 0 Å². The van der Waals surface area contributed by atoms with Crippen LogP contribution in [0.5, 0.6) is 0 Å². The molecule has 72 valence electrons. The zero-order chi connectivity index (χ0) is 10.3. The Balaban J connectivity index is 3.01. The number of hydrogen-bond donors (Lipinski definition) is 0. The predicted octanol–water partition coefficient (Wildman–Crippen LogP) is 2.00. The molecule has 0 unspecified atom stereocenters. The first kappa shape index (κ1) is 8.94. The van der Waals surface area contributed by atoms with Gasteiger partial charge in [-0.15, -0.1) is 0 Å². The zero-order valence-corrected chi connectivity index (χ0v) is 8.53. The van der Waals surface area contributed by atoms with Crippen molar-refractivity contribution in [1.82, 2.24) is 9.78 Å². The highest BCUT2D eigenvalue weighted by Crippen LogP contribution is 2.23. The van der Waals surface area contributed by atoms with Gasteiger partial charge in [-0.05, 0) is 25.5 Å². The molecule has 1 aromatic heterocycles. The number of nitrogens with zero attached hydrogens (tertiary/aromatic N) is 2. The quantitative estimate of drug-likeness (QED) is 0.641. The highest BCUT2D eigenvalue weighted by atomic mass is 16.1. The molecule has 0 aliphatic rings. The number of carbonyl (C=O) groups is 1. The highest BCUT2D eigenvalue weighted by Gasteiger charge is 2.10. The van der Waals surface area contributed by atoms with Crippen molar-refractivity contribution in [3.8, 4) is 0 Å². The number of aromatic nitrogens is 2. The summed E-state index contributed by atoms with van der Waals surface area (Å²) in [5.41, 5.74) is 3.77. The summed E-state index contributed by atoms with van der Waals surface area (Å²) in [6.45, 7) is 4.00. The first-order valence-corrected chi connectivity index (χ1v) is 4.53. The molecule has 0 bridgehead atoms. The molecule has 0 N–H and O–H groups in total. The maximum Gasteiger partial charge on any atom is 0.152 e. The van der Waals surface area contributed by atoms with Gasteiger partial charge in [0.05, 0.1) is 11.2 Å². The number of aryl methyl sites for hydroxylation is 3. The topological polar surface area (TPSA) is 34.9 Å². The normalized spacial score (nSPS) is 10.8. The van der Waals surface area contributed by atoms with Crippen LogP contribution >= 0.6 is 0 Å².